The first-order valence-electron chi connectivity index (χ1n) is 9.38. The van der Waals surface area contributed by atoms with Crippen molar-refractivity contribution in [1.82, 2.24) is 20.2 Å². The molecule has 0 unspecified atom stereocenters. The summed E-state index contributed by atoms with van der Waals surface area (Å²) in [5.41, 5.74) is 4.80. The molecule has 30 heavy (non-hydrogen) atoms. The van der Waals surface area contributed by atoms with Crippen LogP contribution in [-0.4, -0.2) is 26.9 Å². The Morgan fingerprint density at radius 1 is 1.20 bits per heavy atom. The van der Waals surface area contributed by atoms with Crippen LogP contribution in [0.1, 0.15) is 28.5 Å². The normalized spacial score (nSPS) is 11.4. The van der Waals surface area contributed by atoms with Crippen LogP contribution in [0.4, 0.5) is 0 Å². The highest BCUT2D eigenvalue weighted by Crippen LogP contribution is 2.20. The molecule has 2 aromatic heterocycles. The zero-order valence-electron chi connectivity index (χ0n) is 16.4. The zero-order chi connectivity index (χ0) is 21.3. The van der Waals surface area contributed by atoms with E-state index >= 15 is 0 Å². The summed E-state index contributed by atoms with van der Waals surface area (Å²) in [5.74, 6) is -0.523. The van der Waals surface area contributed by atoms with Crippen LogP contribution in [0.5, 0.6) is 0 Å². The number of aromatic nitrogens is 3. The molecule has 0 aliphatic carbocycles. The van der Waals surface area contributed by atoms with Crippen LogP contribution in [0.15, 0.2) is 58.4 Å². The van der Waals surface area contributed by atoms with Crippen LogP contribution in [0, 0.1) is 6.92 Å². The molecule has 0 radical (unpaired) electrons. The molecule has 2 heterocycles. The molecule has 0 atom stereocenters. The Morgan fingerprint density at radius 3 is 2.73 bits per heavy atom. The van der Waals surface area contributed by atoms with Crippen LogP contribution in [-0.2, 0) is 6.54 Å². The Labute approximate surface area is 177 Å². The number of fused-ring (bicyclic) bond motifs is 2. The van der Waals surface area contributed by atoms with Crippen molar-refractivity contribution in [2.24, 2.45) is 5.10 Å². The van der Waals surface area contributed by atoms with Gasteiger partial charge in [0.15, 0.2) is 5.69 Å². The third kappa shape index (κ3) is 3.67. The second-order valence-corrected chi connectivity index (χ2v) is 7.14. The molecule has 8 heteroatoms. The van der Waals surface area contributed by atoms with E-state index in [1.807, 2.05) is 31.2 Å². The number of carbonyl (C=O) groups is 1. The number of aryl methyl sites for hydroxylation is 2. The Bertz CT molecular complexity index is 1380. The van der Waals surface area contributed by atoms with E-state index in [9.17, 15) is 9.59 Å². The maximum absolute atomic E-state index is 12.7. The standard InChI is InChI=1S/C22H18ClN5O2/c1-3-28-22(30)17-7-5-4-6-16(17)19(27-28)21(29)26-24-12-15-11-14-9-8-13(2)10-18(14)25-20(15)23/h4-12H,3H2,1-2H3,(H,26,29)/b24-12+. The molecular formula is C22H18ClN5O2. The minimum absolute atomic E-state index is 0.127. The first-order chi connectivity index (χ1) is 14.5. The van der Waals surface area contributed by atoms with Gasteiger partial charge in [0.2, 0.25) is 0 Å². The zero-order valence-corrected chi connectivity index (χ0v) is 17.1. The summed E-state index contributed by atoms with van der Waals surface area (Å²) in [4.78, 5) is 29.5. The van der Waals surface area contributed by atoms with Crippen LogP contribution in [0.3, 0.4) is 0 Å². The second kappa shape index (κ2) is 8.04. The molecule has 1 amide bonds. The van der Waals surface area contributed by atoms with Gasteiger partial charge in [0.1, 0.15) is 5.15 Å². The number of halogens is 1. The van der Waals surface area contributed by atoms with E-state index in [1.165, 1.54) is 10.9 Å². The first kappa shape index (κ1) is 19.7. The van der Waals surface area contributed by atoms with Gasteiger partial charge in [0.05, 0.1) is 17.1 Å². The molecule has 0 fully saturated rings. The van der Waals surface area contributed by atoms with Crippen molar-refractivity contribution in [3.63, 3.8) is 0 Å². The lowest BCUT2D eigenvalue weighted by Crippen LogP contribution is -2.28. The Balaban J connectivity index is 1.64. The molecule has 1 N–H and O–H groups in total. The quantitative estimate of drug-likeness (QED) is 0.310. The highest BCUT2D eigenvalue weighted by atomic mass is 35.5. The largest absolute Gasteiger partial charge is 0.292 e. The highest BCUT2D eigenvalue weighted by molar-refractivity contribution is 6.32. The van der Waals surface area contributed by atoms with Crippen molar-refractivity contribution in [1.29, 1.82) is 0 Å². The van der Waals surface area contributed by atoms with E-state index in [4.69, 9.17) is 11.6 Å². The third-order valence-electron chi connectivity index (χ3n) is 4.71. The fourth-order valence-corrected chi connectivity index (χ4v) is 3.39. The fraction of sp³-hybridized carbons (Fsp3) is 0.136. The number of hydrazone groups is 1. The maximum Gasteiger partial charge on any atom is 0.292 e. The van der Waals surface area contributed by atoms with Crippen molar-refractivity contribution in [3.8, 4) is 0 Å². The van der Waals surface area contributed by atoms with Gasteiger partial charge in [-0.15, -0.1) is 0 Å². The number of hydrogen-bond acceptors (Lipinski definition) is 5. The maximum atomic E-state index is 12.7. The average molecular weight is 420 g/mol. The molecule has 0 saturated heterocycles. The second-order valence-electron chi connectivity index (χ2n) is 6.78. The molecule has 2 aromatic carbocycles. The first-order valence-corrected chi connectivity index (χ1v) is 9.76. The summed E-state index contributed by atoms with van der Waals surface area (Å²) in [6, 6.07) is 14.6. The van der Waals surface area contributed by atoms with E-state index in [2.05, 4.69) is 20.6 Å². The van der Waals surface area contributed by atoms with Gasteiger partial charge in [-0.1, -0.05) is 41.9 Å². The van der Waals surface area contributed by atoms with Crippen molar-refractivity contribution in [3.05, 3.63) is 80.9 Å². The average Bonchev–Trinajstić information content (AvgIpc) is 2.74. The molecule has 4 aromatic rings. The van der Waals surface area contributed by atoms with Gasteiger partial charge in [-0.3, -0.25) is 9.59 Å². The van der Waals surface area contributed by atoms with Crippen LogP contribution >= 0.6 is 11.6 Å². The Kier molecular flexibility index (Phi) is 5.29. The van der Waals surface area contributed by atoms with E-state index in [1.54, 1.807) is 31.2 Å². The molecule has 7 nitrogen and oxygen atoms in total. The molecule has 0 spiro atoms. The summed E-state index contributed by atoms with van der Waals surface area (Å²) < 4.78 is 1.26. The summed E-state index contributed by atoms with van der Waals surface area (Å²) in [5, 5.41) is 10.3. The van der Waals surface area contributed by atoms with Gasteiger partial charge >= 0.3 is 0 Å². The predicted molar refractivity (Wildman–Crippen MR) is 118 cm³/mol. The predicted octanol–water partition coefficient (Wildman–Crippen LogP) is 3.69. The Morgan fingerprint density at radius 2 is 1.97 bits per heavy atom. The van der Waals surface area contributed by atoms with Crippen molar-refractivity contribution in [2.75, 3.05) is 0 Å². The number of pyridine rings is 1. The number of nitrogens with zero attached hydrogens (tertiary/aromatic N) is 4. The summed E-state index contributed by atoms with van der Waals surface area (Å²) in [6.45, 7) is 4.13. The Hall–Kier alpha value is -3.58. The number of benzene rings is 2. The molecule has 0 aliphatic heterocycles. The van der Waals surface area contributed by atoms with Crippen LogP contribution < -0.4 is 11.0 Å². The topological polar surface area (TPSA) is 89.2 Å². The van der Waals surface area contributed by atoms with Crippen LogP contribution in [0.25, 0.3) is 21.7 Å². The van der Waals surface area contributed by atoms with Gasteiger partial charge in [0.25, 0.3) is 11.5 Å². The van der Waals surface area contributed by atoms with Crippen molar-refractivity contribution < 1.29 is 4.79 Å². The fourth-order valence-electron chi connectivity index (χ4n) is 3.19. The molecule has 0 saturated carbocycles. The van der Waals surface area contributed by atoms with E-state index in [0.29, 0.717) is 22.9 Å². The highest BCUT2D eigenvalue weighted by Gasteiger charge is 2.15. The van der Waals surface area contributed by atoms with E-state index in [-0.39, 0.29) is 16.4 Å². The number of rotatable bonds is 4. The summed E-state index contributed by atoms with van der Waals surface area (Å²) in [7, 11) is 0. The lowest BCUT2D eigenvalue weighted by molar-refractivity contribution is 0.0949. The van der Waals surface area contributed by atoms with E-state index < -0.39 is 5.91 Å². The lowest BCUT2D eigenvalue weighted by Gasteiger charge is -2.08. The molecule has 4 rings (SSSR count). The van der Waals surface area contributed by atoms with Gasteiger partial charge in [-0.2, -0.15) is 10.2 Å². The number of hydrogen-bond donors (Lipinski definition) is 1. The number of nitrogens with one attached hydrogen (secondary N) is 1. The molecule has 0 bridgehead atoms. The van der Waals surface area contributed by atoms with Gasteiger partial charge in [-0.05, 0) is 37.6 Å². The molecular weight excluding hydrogens is 402 g/mol. The lowest BCUT2D eigenvalue weighted by atomic mass is 10.1. The van der Waals surface area contributed by atoms with Gasteiger partial charge < -0.3 is 0 Å². The molecule has 150 valence electrons. The van der Waals surface area contributed by atoms with Crippen molar-refractivity contribution in [2.45, 2.75) is 20.4 Å². The minimum atomic E-state index is -0.523. The number of amides is 1. The van der Waals surface area contributed by atoms with Gasteiger partial charge in [0, 0.05) is 22.9 Å². The monoisotopic (exact) mass is 419 g/mol. The third-order valence-corrected chi connectivity index (χ3v) is 5.01. The van der Waals surface area contributed by atoms with Crippen LogP contribution in [0.2, 0.25) is 5.15 Å². The summed E-state index contributed by atoms with van der Waals surface area (Å²) >= 11 is 6.26. The smallest absolute Gasteiger partial charge is 0.267 e. The SMILES string of the molecule is CCn1nc(C(=O)N/N=C/c2cc3ccc(C)cc3nc2Cl)c2ccccc2c1=O. The minimum Gasteiger partial charge on any atom is -0.267 e. The molecule has 0 aliphatic rings. The van der Waals surface area contributed by atoms with Crippen molar-refractivity contribution >= 4 is 45.4 Å². The van der Waals surface area contributed by atoms with Gasteiger partial charge in [-0.25, -0.2) is 15.1 Å². The number of carbonyl (C=O) groups excluding carboxylic acids is 1. The van der Waals surface area contributed by atoms with E-state index in [0.717, 1.165) is 16.5 Å². The summed E-state index contributed by atoms with van der Waals surface area (Å²) in [6.07, 6.45) is 1.44.